The summed E-state index contributed by atoms with van der Waals surface area (Å²) in [5.41, 5.74) is 0.505. The summed E-state index contributed by atoms with van der Waals surface area (Å²) in [6.45, 7) is 3.76. The fraction of sp³-hybridized carbons (Fsp3) is 0.438. The lowest BCUT2D eigenvalue weighted by molar-refractivity contribution is -0.137. The summed E-state index contributed by atoms with van der Waals surface area (Å²) in [6.07, 6.45) is -3.56. The van der Waals surface area contributed by atoms with Crippen LogP contribution in [0, 0.1) is 6.92 Å². The quantitative estimate of drug-likeness (QED) is 0.880. The molecule has 0 unspecified atom stereocenters. The zero-order valence-electron chi connectivity index (χ0n) is 14.3. The van der Waals surface area contributed by atoms with E-state index in [4.69, 9.17) is 0 Å². The van der Waals surface area contributed by atoms with Gasteiger partial charge in [0.25, 0.3) is 5.91 Å². The number of pyridine rings is 1. The first-order chi connectivity index (χ1) is 12.3. The number of carbonyl (C=O) groups excluding carboxylic acids is 1. The Bertz CT molecular complexity index is 782. The summed E-state index contributed by atoms with van der Waals surface area (Å²) in [5, 5.41) is 3.72. The third-order valence-corrected chi connectivity index (χ3v) is 5.23. The number of aryl methyl sites for hydroxylation is 1. The first kappa shape index (κ1) is 18.4. The molecule has 10 heteroatoms. The van der Waals surface area contributed by atoms with E-state index in [1.165, 1.54) is 17.6 Å². The van der Waals surface area contributed by atoms with Gasteiger partial charge in [0.05, 0.1) is 16.8 Å². The van der Waals surface area contributed by atoms with Gasteiger partial charge >= 0.3 is 6.18 Å². The van der Waals surface area contributed by atoms with Crippen LogP contribution in [0.1, 0.15) is 21.6 Å². The largest absolute Gasteiger partial charge is 0.417 e. The van der Waals surface area contributed by atoms with E-state index >= 15 is 0 Å². The number of nitrogens with one attached hydrogen (secondary N) is 1. The maximum Gasteiger partial charge on any atom is 0.417 e. The predicted octanol–water partition coefficient (Wildman–Crippen LogP) is 2.87. The maximum atomic E-state index is 12.8. The van der Waals surface area contributed by atoms with Gasteiger partial charge in [0, 0.05) is 39.4 Å². The number of hydrogen-bond donors (Lipinski definition) is 1. The molecule has 140 valence electrons. The van der Waals surface area contributed by atoms with Gasteiger partial charge in [0.1, 0.15) is 10.8 Å². The van der Waals surface area contributed by atoms with E-state index < -0.39 is 11.7 Å². The van der Waals surface area contributed by atoms with Crippen LogP contribution in [-0.2, 0) is 6.18 Å². The zero-order chi connectivity index (χ0) is 18.9. The van der Waals surface area contributed by atoms with Crippen molar-refractivity contribution in [1.29, 1.82) is 0 Å². The van der Waals surface area contributed by atoms with Crippen molar-refractivity contribution in [3.8, 4) is 0 Å². The average Bonchev–Trinajstić information content (AvgIpc) is 3.01. The Morgan fingerprint density at radius 3 is 2.46 bits per heavy atom. The summed E-state index contributed by atoms with van der Waals surface area (Å²) in [4.78, 5) is 20.3. The molecular weight excluding hydrogens is 367 g/mol. The smallest absolute Gasteiger partial charge is 0.378 e. The Labute approximate surface area is 152 Å². The number of piperazine rings is 1. The fourth-order valence-corrected chi connectivity index (χ4v) is 3.57. The first-order valence-corrected chi connectivity index (χ1v) is 8.80. The van der Waals surface area contributed by atoms with Gasteiger partial charge in [-0.05, 0) is 30.6 Å². The lowest BCUT2D eigenvalue weighted by Gasteiger charge is -2.35. The van der Waals surface area contributed by atoms with E-state index in [9.17, 15) is 18.0 Å². The maximum absolute atomic E-state index is 12.8. The lowest BCUT2D eigenvalue weighted by Crippen LogP contribution is -2.49. The summed E-state index contributed by atoms with van der Waals surface area (Å²) < 4.78 is 42.1. The SMILES string of the molecule is CNc1snc(C)c1C(=O)N1CCN(c2ccc(C(F)(F)F)cn2)CC1. The van der Waals surface area contributed by atoms with Gasteiger partial charge in [-0.15, -0.1) is 0 Å². The number of carbonyl (C=O) groups is 1. The van der Waals surface area contributed by atoms with Crippen LogP contribution < -0.4 is 10.2 Å². The van der Waals surface area contributed by atoms with Crippen molar-refractivity contribution in [3.63, 3.8) is 0 Å². The van der Waals surface area contributed by atoms with Crippen molar-refractivity contribution < 1.29 is 18.0 Å². The van der Waals surface area contributed by atoms with Gasteiger partial charge in [-0.2, -0.15) is 17.5 Å². The van der Waals surface area contributed by atoms with E-state index in [-0.39, 0.29) is 5.91 Å². The highest BCUT2D eigenvalue weighted by atomic mass is 32.1. The van der Waals surface area contributed by atoms with Crippen molar-refractivity contribution in [2.24, 2.45) is 0 Å². The predicted molar refractivity (Wildman–Crippen MR) is 93.8 cm³/mol. The Hall–Kier alpha value is -2.36. The highest BCUT2D eigenvalue weighted by Crippen LogP contribution is 2.30. The molecule has 0 bridgehead atoms. The minimum Gasteiger partial charge on any atom is -0.378 e. The molecule has 0 aliphatic carbocycles. The highest BCUT2D eigenvalue weighted by molar-refractivity contribution is 7.10. The van der Waals surface area contributed by atoms with Gasteiger partial charge in [0.2, 0.25) is 0 Å². The number of aromatic nitrogens is 2. The molecule has 3 heterocycles. The topological polar surface area (TPSA) is 61.4 Å². The Morgan fingerprint density at radius 1 is 1.23 bits per heavy atom. The van der Waals surface area contributed by atoms with Gasteiger partial charge in [-0.1, -0.05) is 0 Å². The van der Waals surface area contributed by atoms with Crippen LogP contribution in [0.25, 0.3) is 0 Å². The van der Waals surface area contributed by atoms with Crippen LogP contribution in [0.15, 0.2) is 18.3 Å². The molecule has 0 aromatic carbocycles. The number of rotatable bonds is 3. The number of alkyl halides is 3. The van der Waals surface area contributed by atoms with Crippen molar-refractivity contribution >= 4 is 28.3 Å². The van der Waals surface area contributed by atoms with Crippen LogP contribution in [-0.4, -0.2) is 53.4 Å². The van der Waals surface area contributed by atoms with Crippen molar-refractivity contribution in [2.45, 2.75) is 13.1 Å². The fourth-order valence-electron chi connectivity index (χ4n) is 2.83. The van der Waals surface area contributed by atoms with Crippen LogP contribution in [0.4, 0.5) is 24.0 Å². The molecule has 1 N–H and O–H groups in total. The van der Waals surface area contributed by atoms with Gasteiger partial charge in [-0.3, -0.25) is 4.79 Å². The lowest BCUT2D eigenvalue weighted by atomic mass is 10.2. The van der Waals surface area contributed by atoms with E-state index in [1.807, 2.05) is 4.90 Å². The number of anilines is 2. The van der Waals surface area contributed by atoms with Gasteiger partial charge in [0.15, 0.2) is 0 Å². The molecule has 26 heavy (non-hydrogen) atoms. The average molecular weight is 385 g/mol. The van der Waals surface area contributed by atoms with E-state index in [2.05, 4.69) is 14.7 Å². The molecule has 1 aliphatic heterocycles. The third kappa shape index (κ3) is 3.59. The number of hydrogen-bond acceptors (Lipinski definition) is 6. The van der Waals surface area contributed by atoms with E-state index in [0.29, 0.717) is 43.3 Å². The summed E-state index contributed by atoms with van der Waals surface area (Å²) >= 11 is 1.25. The Balaban J connectivity index is 1.66. The Kier molecular flexibility index (Phi) is 5.03. The minimum atomic E-state index is -4.39. The Morgan fingerprint density at radius 2 is 1.92 bits per heavy atom. The monoisotopic (exact) mass is 385 g/mol. The van der Waals surface area contributed by atoms with Gasteiger partial charge < -0.3 is 15.1 Å². The minimum absolute atomic E-state index is 0.0828. The zero-order valence-corrected chi connectivity index (χ0v) is 15.1. The van der Waals surface area contributed by atoms with Crippen LogP contribution >= 0.6 is 11.5 Å². The molecule has 1 fully saturated rings. The summed E-state index contributed by atoms with van der Waals surface area (Å²) in [7, 11) is 1.75. The number of amides is 1. The molecule has 3 rings (SSSR count). The van der Waals surface area contributed by atoms with Crippen LogP contribution in [0.2, 0.25) is 0 Å². The normalized spacial score (nSPS) is 15.3. The molecule has 2 aromatic heterocycles. The molecular formula is C16H18F3N5OS. The molecule has 1 amide bonds. The molecule has 6 nitrogen and oxygen atoms in total. The van der Waals surface area contributed by atoms with E-state index in [1.54, 1.807) is 18.9 Å². The van der Waals surface area contributed by atoms with Crippen molar-refractivity contribution in [2.75, 3.05) is 43.4 Å². The van der Waals surface area contributed by atoms with E-state index in [0.717, 1.165) is 17.3 Å². The van der Waals surface area contributed by atoms with Crippen LogP contribution in [0.5, 0.6) is 0 Å². The van der Waals surface area contributed by atoms with Crippen molar-refractivity contribution in [1.82, 2.24) is 14.3 Å². The second kappa shape index (κ2) is 7.10. The highest BCUT2D eigenvalue weighted by Gasteiger charge is 2.31. The van der Waals surface area contributed by atoms with Gasteiger partial charge in [-0.25, -0.2) is 4.98 Å². The molecule has 0 saturated carbocycles. The molecule has 0 atom stereocenters. The third-order valence-electron chi connectivity index (χ3n) is 4.27. The summed E-state index contributed by atoms with van der Waals surface area (Å²) in [5.74, 6) is 0.398. The van der Waals surface area contributed by atoms with Crippen molar-refractivity contribution in [3.05, 3.63) is 35.2 Å². The second-order valence-electron chi connectivity index (χ2n) is 5.90. The molecule has 1 aliphatic rings. The number of nitrogens with zero attached hydrogens (tertiary/aromatic N) is 4. The van der Waals surface area contributed by atoms with Crippen LogP contribution in [0.3, 0.4) is 0 Å². The second-order valence-corrected chi connectivity index (χ2v) is 6.68. The first-order valence-electron chi connectivity index (χ1n) is 8.02. The molecule has 2 aromatic rings. The molecule has 0 radical (unpaired) electrons. The summed E-state index contributed by atoms with van der Waals surface area (Å²) in [6, 6.07) is 2.39. The molecule has 0 spiro atoms. The standard InChI is InChI=1S/C16H18F3N5OS/c1-10-13(14(20-2)26-22-10)15(25)24-7-5-23(6-8-24)12-4-3-11(9-21-12)16(17,18)19/h3-4,9,20H,5-8H2,1-2H3. The molecule has 1 saturated heterocycles. The number of halogens is 3.